The summed E-state index contributed by atoms with van der Waals surface area (Å²) in [4.78, 5) is 24.9. The fourth-order valence-corrected chi connectivity index (χ4v) is 3.33. The molecule has 0 bridgehead atoms. The molecule has 2 amide bonds. The molecule has 8 heteroatoms. The number of hydrogen-bond donors (Lipinski definition) is 2. The van der Waals surface area contributed by atoms with E-state index >= 15 is 0 Å². The Labute approximate surface area is 134 Å². The smallest absolute Gasteiger partial charge is 0.317 e. The summed E-state index contributed by atoms with van der Waals surface area (Å²) in [5.74, 6) is -1.30. The van der Waals surface area contributed by atoms with Crippen LogP contribution in [0.5, 0.6) is 0 Å². The van der Waals surface area contributed by atoms with E-state index in [1.807, 2.05) is 23.9 Å². The SMILES string of the molecule is CCOC1CC(NC(=O)N2CCC(C(=O)O)C2)C1n1cccn1. The van der Waals surface area contributed by atoms with E-state index < -0.39 is 11.9 Å². The average molecular weight is 322 g/mol. The van der Waals surface area contributed by atoms with E-state index in [0.717, 1.165) is 6.42 Å². The molecule has 0 spiro atoms. The van der Waals surface area contributed by atoms with E-state index in [-0.39, 0.29) is 30.8 Å². The molecule has 2 fully saturated rings. The lowest BCUT2D eigenvalue weighted by Crippen LogP contribution is -2.59. The highest BCUT2D eigenvalue weighted by Crippen LogP contribution is 2.35. The molecule has 1 aliphatic carbocycles. The lowest BCUT2D eigenvalue weighted by Gasteiger charge is -2.44. The third kappa shape index (κ3) is 3.17. The van der Waals surface area contributed by atoms with Crippen LogP contribution in [0.25, 0.3) is 0 Å². The Kier molecular flexibility index (Phi) is 4.51. The summed E-state index contributed by atoms with van der Waals surface area (Å²) in [7, 11) is 0. The summed E-state index contributed by atoms with van der Waals surface area (Å²) < 4.78 is 7.51. The van der Waals surface area contributed by atoms with Crippen molar-refractivity contribution in [2.75, 3.05) is 19.7 Å². The Bertz CT molecular complexity index is 562. The highest BCUT2D eigenvalue weighted by molar-refractivity contribution is 5.77. The number of ether oxygens (including phenoxy) is 1. The molecule has 4 unspecified atom stereocenters. The normalized spacial score (nSPS) is 30.0. The molecule has 8 nitrogen and oxygen atoms in total. The summed E-state index contributed by atoms with van der Waals surface area (Å²) in [6.07, 6.45) is 4.86. The van der Waals surface area contributed by atoms with Gasteiger partial charge < -0.3 is 20.1 Å². The quantitative estimate of drug-likeness (QED) is 0.832. The summed E-state index contributed by atoms with van der Waals surface area (Å²) in [6.45, 7) is 3.32. The van der Waals surface area contributed by atoms with Crippen molar-refractivity contribution in [3.05, 3.63) is 18.5 Å². The maximum atomic E-state index is 12.3. The number of nitrogens with one attached hydrogen (secondary N) is 1. The number of urea groups is 1. The number of carboxylic acid groups (broad SMARTS) is 1. The molecule has 0 aromatic carbocycles. The van der Waals surface area contributed by atoms with Gasteiger partial charge in [0.05, 0.1) is 24.1 Å². The molecule has 1 aromatic heterocycles. The van der Waals surface area contributed by atoms with Gasteiger partial charge in [0, 0.05) is 32.1 Å². The van der Waals surface area contributed by atoms with Gasteiger partial charge in [-0.1, -0.05) is 0 Å². The van der Waals surface area contributed by atoms with Crippen molar-refractivity contribution in [2.24, 2.45) is 5.92 Å². The van der Waals surface area contributed by atoms with Crippen molar-refractivity contribution >= 4 is 12.0 Å². The lowest BCUT2D eigenvalue weighted by atomic mass is 9.82. The van der Waals surface area contributed by atoms with Gasteiger partial charge in [-0.2, -0.15) is 5.10 Å². The zero-order valence-electron chi connectivity index (χ0n) is 13.1. The number of rotatable bonds is 5. The van der Waals surface area contributed by atoms with Crippen molar-refractivity contribution in [1.82, 2.24) is 20.0 Å². The molecular formula is C15H22N4O4. The van der Waals surface area contributed by atoms with Gasteiger partial charge in [-0.25, -0.2) is 4.79 Å². The van der Waals surface area contributed by atoms with Crippen LogP contribution in [0, 0.1) is 5.92 Å². The molecule has 2 heterocycles. The van der Waals surface area contributed by atoms with Crippen LogP contribution in [0.15, 0.2) is 18.5 Å². The maximum Gasteiger partial charge on any atom is 0.317 e. The predicted molar refractivity (Wildman–Crippen MR) is 80.9 cm³/mol. The first-order chi connectivity index (χ1) is 11.1. The van der Waals surface area contributed by atoms with Crippen LogP contribution in [-0.2, 0) is 9.53 Å². The molecule has 1 aliphatic heterocycles. The number of carboxylic acids is 1. The fourth-order valence-electron chi connectivity index (χ4n) is 3.33. The van der Waals surface area contributed by atoms with Crippen molar-refractivity contribution in [3.8, 4) is 0 Å². The third-order valence-electron chi connectivity index (χ3n) is 4.62. The first kappa shape index (κ1) is 15.8. The number of aromatic nitrogens is 2. The molecule has 126 valence electrons. The van der Waals surface area contributed by atoms with Gasteiger partial charge in [0.1, 0.15) is 0 Å². The van der Waals surface area contributed by atoms with Crippen molar-refractivity contribution in [1.29, 1.82) is 0 Å². The molecular weight excluding hydrogens is 300 g/mol. The van der Waals surface area contributed by atoms with Crippen LogP contribution in [0.4, 0.5) is 4.79 Å². The van der Waals surface area contributed by atoms with E-state index in [1.54, 1.807) is 11.1 Å². The Morgan fingerprint density at radius 2 is 2.30 bits per heavy atom. The summed E-state index contributed by atoms with van der Waals surface area (Å²) in [5, 5.41) is 16.3. The topological polar surface area (TPSA) is 96.7 Å². The number of likely N-dealkylation sites (tertiary alicyclic amines) is 1. The number of carbonyl (C=O) groups is 2. The second-order valence-corrected chi connectivity index (χ2v) is 6.03. The minimum Gasteiger partial charge on any atom is -0.481 e. The average Bonchev–Trinajstić information content (AvgIpc) is 3.16. The lowest BCUT2D eigenvalue weighted by molar-refractivity contribution is -0.141. The fraction of sp³-hybridized carbons (Fsp3) is 0.667. The maximum absolute atomic E-state index is 12.3. The second kappa shape index (κ2) is 6.57. The summed E-state index contributed by atoms with van der Waals surface area (Å²) >= 11 is 0. The number of hydrogen-bond acceptors (Lipinski definition) is 4. The molecule has 1 saturated carbocycles. The number of aliphatic carboxylic acids is 1. The molecule has 0 radical (unpaired) electrons. The number of amides is 2. The van der Waals surface area contributed by atoms with E-state index in [2.05, 4.69) is 10.4 Å². The minimum absolute atomic E-state index is 0.0215. The minimum atomic E-state index is -0.838. The number of carbonyl (C=O) groups excluding carboxylic acids is 1. The highest BCUT2D eigenvalue weighted by Gasteiger charge is 2.45. The van der Waals surface area contributed by atoms with Crippen LogP contribution < -0.4 is 5.32 Å². The van der Waals surface area contributed by atoms with Crippen LogP contribution in [-0.4, -0.2) is 63.6 Å². The summed E-state index contributed by atoms with van der Waals surface area (Å²) in [5.41, 5.74) is 0. The molecule has 23 heavy (non-hydrogen) atoms. The van der Waals surface area contributed by atoms with Gasteiger partial charge in [-0.05, 0) is 25.8 Å². The predicted octanol–water partition coefficient (Wildman–Crippen LogP) is 0.718. The van der Waals surface area contributed by atoms with Crippen LogP contribution >= 0.6 is 0 Å². The van der Waals surface area contributed by atoms with Crippen molar-refractivity contribution < 1.29 is 19.4 Å². The molecule has 1 aromatic rings. The zero-order valence-corrected chi connectivity index (χ0v) is 13.1. The molecule has 4 atom stereocenters. The van der Waals surface area contributed by atoms with E-state index in [4.69, 9.17) is 9.84 Å². The highest BCUT2D eigenvalue weighted by atomic mass is 16.5. The van der Waals surface area contributed by atoms with Crippen molar-refractivity contribution in [3.63, 3.8) is 0 Å². The van der Waals surface area contributed by atoms with Crippen molar-refractivity contribution in [2.45, 2.75) is 38.0 Å². The molecule has 2 N–H and O–H groups in total. The van der Waals surface area contributed by atoms with Gasteiger partial charge in [0.15, 0.2) is 0 Å². The van der Waals surface area contributed by atoms with E-state index in [1.165, 1.54) is 0 Å². The molecule has 2 aliphatic rings. The Balaban J connectivity index is 1.59. The largest absolute Gasteiger partial charge is 0.481 e. The molecule has 1 saturated heterocycles. The first-order valence-corrected chi connectivity index (χ1v) is 7.99. The van der Waals surface area contributed by atoms with E-state index in [9.17, 15) is 9.59 Å². The monoisotopic (exact) mass is 322 g/mol. The Morgan fingerprint density at radius 3 is 2.91 bits per heavy atom. The van der Waals surface area contributed by atoms with Crippen LogP contribution in [0.3, 0.4) is 0 Å². The standard InChI is InChI=1S/C15H22N4O4/c1-2-23-12-8-11(13(12)19-6-3-5-16-19)17-15(22)18-7-4-10(9-18)14(20)21/h3,5-6,10-13H,2,4,7-9H2,1H3,(H,17,22)(H,20,21). The van der Waals surface area contributed by atoms with Gasteiger partial charge in [0.25, 0.3) is 0 Å². The van der Waals surface area contributed by atoms with Crippen LogP contribution in [0.1, 0.15) is 25.8 Å². The molecule has 3 rings (SSSR count). The zero-order chi connectivity index (χ0) is 16.4. The van der Waals surface area contributed by atoms with Crippen LogP contribution in [0.2, 0.25) is 0 Å². The number of nitrogens with zero attached hydrogens (tertiary/aromatic N) is 3. The summed E-state index contributed by atoms with van der Waals surface area (Å²) in [6, 6.07) is 1.57. The second-order valence-electron chi connectivity index (χ2n) is 6.03. The Morgan fingerprint density at radius 1 is 1.48 bits per heavy atom. The van der Waals surface area contributed by atoms with Gasteiger partial charge in [-0.15, -0.1) is 0 Å². The van der Waals surface area contributed by atoms with Gasteiger partial charge in [0.2, 0.25) is 0 Å². The third-order valence-corrected chi connectivity index (χ3v) is 4.62. The van der Waals surface area contributed by atoms with Gasteiger partial charge in [-0.3, -0.25) is 9.48 Å². The first-order valence-electron chi connectivity index (χ1n) is 7.99. The van der Waals surface area contributed by atoms with E-state index in [0.29, 0.717) is 19.6 Å². The Hall–Kier alpha value is -2.09. The van der Waals surface area contributed by atoms with Gasteiger partial charge >= 0.3 is 12.0 Å².